The van der Waals surface area contributed by atoms with Crippen LogP contribution in [-0.2, 0) is 4.79 Å². The van der Waals surface area contributed by atoms with Gasteiger partial charge in [-0.1, -0.05) is 30.3 Å². The Kier molecular flexibility index (Phi) is 4.75. The zero-order valence-corrected chi connectivity index (χ0v) is 14.0. The number of hydrogen-bond acceptors (Lipinski definition) is 2. The first-order valence-electron chi connectivity index (χ1n) is 7.91. The Labute approximate surface area is 145 Å². The monoisotopic (exact) mass is 335 g/mol. The van der Waals surface area contributed by atoms with Gasteiger partial charge in [0.05, 0.1) is 17.1 Å². The summed E-state index contributed by atoms with van der Waals surface area (Å²) in [5.41, 5.74) is 3.65. The molecule has 3 rings (SSSR count). The van der Waals surface area contributed by atoms with Crippen molar-refractivity contribution in [2.24, 2.45) is 0 Å². The highest BCUT2D eigenvalue weighted by Gasteiger charge is 2.10. The zero-order chi connectivity index (χ0) is 17.8. The lowest BCUT2D eigenvalue weighted by atomic mass is 10.2. The number of nitrogens with one attached hydrogen (secondary N) is 1. The third-order valence-electron chi connectivity index (χ3n) is 3.72. The maximum atomic E-state index is 13.6. The van der Waals surface area contributed by atoms with Crippen molar-refractivity contribution in [3.8, 4) is 5.69 Å². The fourth-order valence-corrected chi connectivity index (χ4v) is 2.59. The van der Waals surface area contributed by atoms with Gasteiger partial charge in [-0.2, -0.15) is 5.10 Å². The zero-order valence-electron chi connectivity index (χ0n) is 14.0. The lowest BCUT2D eigenvalue weighted by Crippen LogP contribution is -2.11. The van der Waals surface area contributed by atoms with E-state index in [-0.39, 0.29) is 11.7 Å². The van der Waals surface area contributed by atoms with E-state index in [4.69, 9.17) is 0 Å². The average Bonchev–Trinajstić information content (AvgIpc) is 2.93. The number of amides is 1. The summed E-state index contributed by atoms with van der Waals surface area (Å²) in [6.45, 7) is 3.87. The molecule has 0 atom stereocenters. The van der Waals surface area contributed by atoms with Crippen molar-refractivity contribution in [3.63, 3.8) is 0 Å². The summed E-state index contributed by atoms with van der Waals surface area (Å²) in [7, 11) is 0. The van der Waals surface area contributed by atoms with Crippen LogP contribution < -0.4 is 5.32 Å². The van der Waals surface area contributed by atoms with Crippen LogP contribution in [0.25, 0.3) is 11.8 Å². The van der Waals surface area contributed by atoms with Crippen LogP contribution in [0.1, 0.15) is 17.0 Å². The molecule has 1 aromatic heterocycles. The summed E-state index contributed by atoms with van der Waals surface area (Å²) in [5.74, 6) is -0.702. The van der Waals surface area contributed by atoms with E-state index in [2.05, 4.69) is 10.4 Å². The number of anilines is 1. The Balaban J connectivity index is 1.83. The number of halogens is 1. The minimum atomic E-state index is -0.366. The van der Waals surface area contributed by atoms with Crippen molar-refractivity contribution < 1.29 is 9.18 Å². The second-order valence-electron chi connectivity index (χ2n) is 5.70. The second kappa shape index (κ2) is 7.13. The molecule has 0 unspecified atom stereocenters. The third-order valence-corrected chi connectivity index (χ3v) is 3.72. The highest BCUT2D eigenvalue weighted by atomic mass is 19.1. The molecule has 0 saturated carbocycles. The summed E-state index contributed by atoms with van der Waals surface area (Å²) in [4.78, 5) is 12.2. The predicted octanol–water partition coefficient (Wildman–Crippen LogP) is 4.28. The summed E-state index contributed by atoms with van der Waals surface area (Å²) < 4.78 is 15.4. The SMILES string of the molecule is Cc1cc(C)n(-c2ccccc2NC(=O)/C=C/c2ccccc2F)n1. The number of para-hydroxylation sites is 2. The molecule has 1 heterocycles. The lowest BCUT2D eigenvalue weighted by molar-refractivity contribution is -0.111. The standard InChI is InChI=1S/C20H18FN3O/c1-14-13-15(2)24(23-14)19-10-6-5-9-18(19)22-20(25)12-11-16-7-3-4-8-17(16)21/h3-13H,1-2H3,(H,22,25)/b12-11+. The molecule has 0 spiro atoms. The molecule has 3 aromatic rings. The molecule has 0 aliphatic carbocycles. The van der Waals surface area contributed by atoms with Crippen molar-refractivity contribution in [1.29, 1.82) is 0 Å². The molecule has 1 amide bonds. The summed E-state index contributed by atoms with van der Waals surface area (Å²) in [6, 6.07) is 15.7. The minimum absolute atomic E-state index is 0.336. The van der Waals surface area contributed by atoms with E-state index in [0.29, 0.717) is 11.3 Å². The molecular formula is C20H18FN3O. The van der Waals surface area contributed by atoms with Crippen LogP contribution in [0.15, 0.2) is 60.7 Å². The van der Waals surface area contributed by atoms with Gasteiger partial charge >= 0.3 is 0 Å². The smallest absolute Gasteiger partial charge is 0.248 e. The Morgan fingerprint density at radius 3 is 2.56 bits per heavy atom. The second-order valence-corrected chi connectivity index (χ2v) is 5.70. The summed E-state index contributed by atoms with van der Waals surface area (Å²) >= 11 is 0. The molecule has 126 valence electrons. The number of aromatic nitrogens is 2. The van der Waals surface area contributed by atoms with Gasteiger partial charge < -0.3 is 5.32 Å². The molecule has 0 saturated heterocycles. The number of carbonyl (C=O) groups excluding carboxylic acids is 1. The highest BCUT2D eigenvalue weighted by molar-refractivity contribution is 6.03. The van der Waals surface area contributed by atoms with Gasteiger partial charge in [0.25, 0.3) is 0 Å². The number of aryl methyl sites for hydroxylation is 2. The van der Waals surface area contributed by atoms with Crippen molar-refractivity contribution in [1.82, 2.24) is 9.78 Å². The third kappa shape index (κ3) is 3.83. The van der Waals surface area contributed by atoms with E-state index >= 15 is 0 Å². The number of carbonyl (C=O) groups is 1. The van der Waals surface area contributed by atoms with Crippen LogP contribution in [-0.4, -0.2) is 15.7 Å². The van der Waals surface area contributed by atoms with Crippen LogP contribution >= 0.6 is 0 Å². The number of nitrogens with zero attached hydrogens (tertiary/aromatic N) is 2. The normalized spacial score (nSPS) is 11.0. The quantitative estimate of drug-likeness (QED) is 0.723. The van der Waals surface area contributed by atoms with E-state index in [1.807, 2.05) is 38.1 Å². The minimum Gasteiger partial charge on any atom is -0.321 e. The molecule has 0 aliphatic heterocycles. The van der Waals surface area contributed by atoms with E-state index in [1.54, 1.807) is 28.9 Å². The largest absolute Gasteiger partial charge is 0.321 e. The van der Waals surface area contributed by atoms with E-state index in [0.717, 1.165) is 17.1 Å². The van der Waals surface area contributed by atoms with Gasteiger partial charge in [-0.25, -0.2) is 9.07 Å². The molecule has 2 aromatic carbocycles. The van der Waals surface area contributed by atoms with E-state index in [1.165, 1.54) is 18.2 Å². The maximum Gasteiger partial charge on any atom is 0.248 e. The first kappa shape index (κ1) is 16.6. The van der Waals surface area contributed by atoms with Gasteiger partial charge in [0, 0.05) is 17.3 Å². The Bertz CT molecular complexity index is 944. The van der Waals surface area contributed by atoms with Crippen molar-refractivity contribution in [2.45, 2.75) is 13.8 Å². The van der Waals surface area contributed by atoms with Gasteiger partial charge in [-0.3, -0.25) is 4.79 Å². The Hall–Kier alpha value is -3.21. The predicted molar refractivity (Wildman–Crippen MR) is 97.1 cm³/mol. The lowest BCUT2D eigenvalue weighted by Gasteiger charge is -2.11. The summed E-state index contributed by atoms with van der Waals surface area (Å²) in [5, 5.41) is 7.28. The average molecular weight is 335 g/mol. The molecule has 0 fully saturated rings. The Morgan fingerprint density at radius 1 is 1.12 bits per heavy atom. The fraction of sp³-hybridized carbons (Fsp3) is 0.100. The molecule has 4 nitrogen and oxygen atoms in total. The first-order valence-corrected chi connectivity index (χ1v) is 7.91. The molecule has 5 heteroatoms. The molecule has 0 radical (unpaired) electrons. The van der Waals surface area contributed by atoms with E-state index < -0.39 is 0 Å². The van der Waals surface area contributed by atoms with E-state index in [9.17, 15) is 9.18 Å². The van der Waals surface area contributed by atoms with Crippen molar-refractivity contribution in [2.75, 3.05) is 5.32 Å². The first-order chi connectivity index (χ1) is 12.0. The topological polar surface area (TPSA) is 46.9 Å². The van der Waals surface area contributed by atoms with Crippen molar-refractivity contribution in [3.05, 3.63) is 83.4 Å². The Morgan fingerprint density at radius 2 is 1.84 bits per heavy atom. The van der Waals surface area contributed by atoms with Gasteiger partial charge in [0.2, 0.25) is 5.91 Å². The molecule has 0 bridgehead atoms. The van der Waals surface area contributed by atoms with Gasteiger partial charge in [0.15, 0.2) is 0 Å². The number of hydrogen-bond donors (Lipinski definition) is 1. The number of benzene rings is 2. The van der Waals surface area contributed by atoms with Gasteiger partial charge in [-0.05, 0) is 44.2 Å². The number of rotatable bonds is 4. The highest BCUT2D eigenvalue weighted by Crippen LogP contribution is 2.21. The van der Waals surface area contributed by atoms with Crippen LogP contribution in [0.3, 0.4) is 0 Å². The molecule has 0 aliphatic rings. The van der Waals surface area contributed by atoms with Gasteiger partial charge in [0.1, 0.15) is 5.82 Å². The summed E-state index contributed by atoms with van der Waals surface area (Å²) in [6.07, 6.45) is 2.77. The van der Waals surface area contributed by atoms with Crippen LogP contribution in [0.2, 0.25) is 0 Å². The fourth-order valence-electron chi connectivity index (χ4n) is 2.59. The van der Waals surface area contributed by atoms with Gasteiger partial charge in [-0.15, -0.1) is 0 Å². The maximum absolute atomic E-state index is 13.6. The van der Waals surface area contributed by atoms with Crippen LogP contribution in [0, 0.1) is 19.7 Å². The molecular weight excluding hydrogens is 317 g/mol. The van der Waals surface area contributed by atoms with Crippen LogP contribution in [0.4, 0.5) is 10.1 Å². The molecule has 1 N–H and O–H groups in total. The van der Waals surface area contributed by atoms with Crippen molar-refractivity contribution >= 4 is 17.7 Å². The molecule has 25 heavy (non-hydrogen) atoms. The van der Waals surface area contributed by atoms with Crippen LogP contribution in [0.5, 0.6) is 0 Å².